The Morgan fingerprint density at radius 3 is 2.80 bits per heavy atom. The summed E-state index contributed by atoms with van der Waals surface area (Å²) in [5, 5.41) is 20.3. The van der Waals surface area contributed by atoms with E-state index in [4.69, 9.17) is 5.11 Å². The van der Waals surface area contributed by atoms with Gasteiger partial charge < -0.3 is 10.2 Å². The Hall–Kier alpha value is -1.88. The molecule has 2 N–H and O–H groups in total. The van der Waals surface area contributed by atoms with Crippen LogP contribution in [0.25, 0.3) is 10.4 Å². The molecule has 0 unspecified atom stereocenters. The first kappa shape index (κ1) is 9.67. The molecule has 0 radical (unpaired) electrons. The number of carboxylic acids is 1. The minimum atomic E-state index is -1.23. The van der Waals surface area contributed by atoms with Crippen LogP contribution in [0.4, 0.5) is 0 Å². The molecule has 2 aromatic rings. The number of pyridine rings is 1. The fourth-order valence-corrected chi connectivity index (χ4v) is 1.99. The zero-order chi connectivity index (χ0) is 10.8. The van der Waals surface area contributed by atoms with Gasteiger partial charge in [0.05, 0.1) is 0 Å². The fraction of sp³-hybridized carbons (Fsp3) is 0. The zero-order valence-electron chi connectivity index (χ0n) is 7.54. The zero-order valence-corrected chi connectivity index (χ0v) is 8.36. The molecule has 0 aliphatic heterocycles. The molecule has 15 heavy (non-hydrogen) atoms. The van der Waals surface area contributed by atoms with Crippen LogP contribution in [-0.2, 0) is 0 Å². The van der Waals surface area contributed by atoms with Crippen molar-refractivity contribution in [2.24, 2.45) is 0 Å². The largest absolute Gasteiger partial charge is 0.505 e. The number of thiophene rings is 1. The van der Waals surface area contributed by atoms with Crippen molar-refractivity contribution < 1.29 is 15.0 Å². The van der Waals surface area contributed by atoms with Crippen molar-refractivity contribution in [2.45, 2.75) is 0 Å². The molecule has 0 atom stereocenters. The van der Waals surface area contributed by atoms with Gasteiger partial charge in [0, 0.05) is 16.6 Å². The highest BCUT2D eigenvalue weighted by molar-refractivity contribution is 7.13. The van der Waals surface area contributed by atoms with Gasteiger partial charge in [-0.1, -0.05) is 6.07 Å². The van der Waals surface area contributed by atoms with E-state index >= 15 is 0 Å². The van der Waals surface area contributed by atoms with Gasteiger partial charge in [-0.25, -0.2) is 9.78 Å². The highest BCUT2D eigenvalue weighted by Gasteiger charge is 2.15. The predicted octanol–water partition coefficient (Wildman–Crippen LogP) is 2.21. The van der Waals surface area contributed by atoms with Gasteiger partial charge in [0.1, 0.15) is 0 Å². The predicted molar refractivity (Wildman–Crippen MR) is 56.2 cm³/mol. The summed E-state index contributed by atoms with van der Waals surface area (Å²) in [5.41, 5.74) is 0.179. The van der Waals surface area contributed by atoms with Gasteiger partial charge in [0.2, 0.25) is 0 Å². The monoisotopic (exact) mass is 221 g/mol. The molecule has 0 saturated carbocycles. The Labute approximate surface area is 89.5 Å². The van der Waals surface area contributed by atoms with E-state index < -0.39 is 5.97 Å². The highest BCUT2D eigenvalue weighted by Crippen LogP contribution is 2.33. The first-order chi connectivity index (χ1) is 7.20. The van der Waals surface area contributed by atoms with Crippen molar-refractivity contribution in [2.75, 3.05) is 0 Å². The van der Waals surface area contributed by atoms with Gasteiger partial charge in [0.15, 0.2) is 11.4 Å². The Kier molecular flexibility index (Phi) is 2.39. The van der Waals surface area contributed by atoms with Crippen LogP contribution in [0.1, 0.15) is 10.5 Å². The maximum Gasteiger partial charge on any atom is 0.358 e. The van der Waals surface area contributed by atoms with Gasteiger partial charge in [0.25, 0.3) is 0 Å². The summed E-state index contributed by atoms with van der Waals surface area (Å²) in [6.07, 6.45) is 1.37. The van der Waals surface area contributed by atoms with Gasteiger partial charge in [-0.2, -0.15) is 0 Å². The average molecular weight is 221 g/mol. The summed E-state index contributed by atoms with van der Waals surface area (Å²) < 4.78 is 0. The summed E-state index contributed by atoms with van der Waals surface area (Å²) in [4.78, 5) is 15.1. The van der Waals surface area contributed by atoms with Gasteiger partial charge in [-0.15, -0.1) is 11.3 Å². The third-order valence-corrected chi connectivity index (χ3v) is 2.82. The second-order valence-electron chi connectivity index (χ2n) is 2.84. The lowest BCUT2D eigenvalue weighted by molar-refractivity contribution is 0.0687. The molecule has 4 nitrogen and oxygen atoms in total. The van der Waals surface area contributed by atoms with E-state index in [0.717, 1.165) is 4.88 Å². The van der Waals surface area contributed by atoms with Crippen LogP contribution in [-0.4, -0.2) is 21.2 Å². The number of aromatic hydroxyl groups is 1. The summed E-state index contributed by atoms with van der Waals surface area (Å²) >= 11 is 1.43. The van der Waals surface area contributed by atoms with E-state index in [-0.39, 0.29) is 11.4 Å². The number of carbonyl (C=O) groups is 1. The van der Waals surface area contributed by atoms with Crippen LogP contribution in [0.3, 0.4) is 0 Å². The lowest BCUT2D eigenvalue weighted by atomic mass is 10.1. The van der Waals surface area contributed by atoms with Crippen molar-refractivity contribution in [3.8, 4) is 16.2 Å². The number of aromatic carboxylic acids is 1. The van der Waals surface area contributed by atoms with Crippen molar-refractivity contribution >= 4 is 17.3 Å². The third-order valence-electron chi connectivity index (χ3n) is 1.91. The molecule has 0 fully saturated rings. The van der Waals surface area contributed by atoms with Crippen LogP contribution < -0.4 is 0 Å². The molecule has 76 valence electrons. The smallest absolute Gasteiger partial charge is 0.358 e. The first-order valence-electron chi connectivity index (χ1n) is 4.15. The van der Waals surface area contributed by atoms with Crippen LogP contribution in [0.2, 0.25) is 0 Å². The van der Waals surface area contributed by atoms with Crippen molar-refractivity contribution in [3.63, 3.8) is 0 Å². The molecule has 2 aromatic heterocycles. The second kappa shape index (κ2) is 3.70. The van der Waals surface area contributed by atoms with E-state index in [1.54, 1.807) is 6.07 Å². The lowest BCUT2D eigenvalue weighted by Gasteiger charge is -2.03. The molecule has 0 spiro atoms. The fourth-order valence-electron chi connectivity index (χ4n) is 1.24. The minimum absolute atomic E-state index is 0.285. The number of rotatable bonds is 2. The molecule has 2 heterocycles. The van der Waals surface area contributed by atoms with Gasteiger partial charge >= 0.3 is 5.97 Å². The maximum atomic E-state index is 10.7. The molecule has 5 heteroatoms. The van der Waals surface area contributed by atoms with Crippen LogP contribution in [0.15, 0.2) is 29.8 Å². The van der Waals surface area contributed by atoms with Crippen LogP contribution in [0.5, 0.6) is 5.75 Å². The third kappa shape index (κ3) is 1.69. The molecular formula is C10H7NO3S. The molecule has 2 rings (SSSR count). The van der Waals surface area contributed by atoms with E-state index in [1.165, 1.54) is 17.5 Å². The standard InChI is InChI=1S/C10H7NO3S/c12-9-6(7-2-1-5-15-7)3-4-11-8(9)10(13)14/h1-5,12H,(H,13,14). The van der Waals surface area contributed by atoms with E-state index in [9.17, 15) is 9.90 Å². The van der Waals surface area contributed by atoms with E-state index in [1.807, 2.05) is 17.5 Å². The second-order valence-corrected chi connectivity index (χ2v) is 3.79. The van der Waals surface area contributed by atoms with Crippen LogP contribution in [0, 0.1) is 0 Å². The molecule has 0 aromatic carbocycles. The topological polar surface area (TPSA) is 70.4 Å². The number of aromatic nitrogens is 1. The van der Waals surface area contributed by atoms with E-state index in [2.05, 4.69) is 4.98 Å². The molecule has 0 aliphatic rings. The van der Waals surface area contributed by atoms with Gasteiger partial charge in [-0.05, 0) is 17.5 Å². The summed E-state index contributed by atoms with van der Waals surface area (Å²) in [6, 6.07) is 5.24. The summed E-state index contributed by atoms with van der Waals surface area (Å²) in [7, 11) is 0. The maximum absolute atomic E-state index is 10.7. The molecule has 0 saturated heterocycles. The average Bonchev–Trinajstić information content (AvgIpc) is 2.70. The minimum Gasteiger partial charge on any atom is -0.505 e. The number of carboxylic acid groups (broad SMARTS) is 1. The van der Waals surface area contributed by atoms with E-state index in [0.29, 0.717) is 5.56 Å². The Morgan fingerprint density at radius 1 is 1.40 bits per heavy atom. The first-order valence-corrected chi connectivity index (χ1v) is 5.03. The molecule has 0 amide bonds. The van der Waals surface area contributed by atoms with Crippen molar-refractivity contribution in [1.29, 1.82) is 0 Å². The van der Waals surface area contributed by atoms with Crippen LogP contribution >= 0.6 is 11.3 Å². The Balaban J connectivity index is 2.59. The lowest BCUT2D eigenvalue weighted by Crippen LogP contribution is -2.00. The number of hydrogen-bond donors (Lipinski definition) is 2. The Morgan fingerprint density at radius 2 is 2.20 bits per heavy atom. The molecule has 0 aliphatic carbocycles. The number of hydrogen-bond acceptors (Lipinski definition) is 4. The van der Waals surface area contributed by atoms with Crippen molar-refractivity contribution in [3.05, 3.63) is 35.5 Å². The SMILES string of the molecule is O=C(O)c1nccc(-c2cccs2)c1O. The normalized spacial score (nSPS) is 10.1. The summed E-state index contributed by atoms with van der Waals surface area (Å²) in [5.74, 6) is -1.52. The number of nitrogens with zero attached hydrogens (tertiary/aromatic N) is 1. The molecule has 0 bridgehead atoms. The quantitative estimate of drug-likeness (QED) is 0.815. The Bertz CT molecular complexity index is 493. The van der Waals surface area contributed by atoms with Crippen molar-refractivity contribution in [1.82, 2.24) is 4.98 Å². The summed E-state index contributed by atoms with van der Waals surface area (Å²) in [6.45, 7) is 0. The van der Waals surface area contributed by atoms with Gasteiger partial charge in [-0.3, -0.25) is 0 Å². The highest BCUT2D eigenvalue weighted by atomic mass is 32.1. The molecular weight excluding hydrogens is 214 g/mol.